The van der Waals surface area contributed by atoms with Gasteiger partial charge >= 0.3 is 0 Å². The third kappa shape index (κ3) is 3.35. The van der Waals surface area contributed by atoms with Gasteiger partial charge in [0, 0.05) is 11.5 Å². The molecule has 2 aromatic carbocycles. The number of fused-ring (bicyclic) bond motifs is 4. The molecule has 41 heavy (non-hydrogen) atoms. The molecule has 0 aromatic heterocycles. The van der Waals surface area contributed by atoms with E-state index in [1.54, 1.807) is 31.2 Å². The van der Waals surface area contributed by atoms with E-state index in [1.807, 2.05) is 0 Å². The number of ether oxygens (including phenoxy) is 2. The number of phenols is 1. The highest BCUT2D eigenvalue weighted by molar-refractivity contribution is 6.24. The highest BCUT2D eigenvalue weighted by atomic mass is 16.7. The van der Waals surface area contributed by atoms with Gasteiger partial charge in [-0.3, -0.25) is 19.3 Å². The second kappa shape index (κ2) is 8.80. The minimum atomic E-state index is -2.96. The number of phenolic OH excluding ortho intramolecular Hbond substituents is 1. The summed E-state index contributed by atoms with van der Waals surface area (Å²) in [5.74, 6) is -8.39. The summed E-state index contributed by atoms with van der Waals surface area (Å²) in [6, 6.07) is 6.76. The Morgan fingerprint density at radius 3 is 2.41 bits per heavy atom. The van der Waals surface area contributed by atoms with Crippen molar-refractivity contribution in [1.29, 1.82) is 0 Å². The van der Waals surface area contributed by atoms with E-state index >= 15 is 0 Å². The molecular formula is C29H28N2O10. The standard InChI is InChI=1S/C29H28N2O10/c1-10-16-12(11-4-7-14-15(8-11)41-9-40-14)5-6-13(32)18(16)23(33)19-17(10)24(34)21-22(31(2)3)25(35)20(28(30)38)27(37)29(21,39)26(19)36/h4-8,10,17,21-22,24,32-34,37,39H,9H2,1-3H3,(H2,30,38)/t10-,17+,21+,22-,24-,29-/m1/s1. The molecule has 1 saturated carbocycles. The molecule has 6 atom stereocenters. The first-order chi connectivity index (χ1) is 19.3. The fourth-order valence-electron chi connectivity index (χ4n) is 7.01. The van der Waals surface area contributed by atoms with Crippen molar-refractivity contribution in [3.05, 3.63) is 58.4 Å². The zero-order valence-electron chi connectivity index (χ0n) is 22.3. The molecule has 1 amide bonds. The Hall–Kier alpha value is -4.39. The second-order valence-electron chi connectivity index (χ2n) is 11.0. The van der Waals surface area contributed by atoms with Gasteiger partial charge in [0.25, 0.3) is 5.91 Å². The van der Waals surface area contributed by atoms with E-state index in [0.717, 1.165) is 0 Å². The van der Waals surface area contributed by atoms with Crippen molar-refractivity contribution in [3.63, 3.8) is 0 Å². The molecule has 4 aliphatic rings. The quantitative estimate of drug-likeness (QED) is 0.289. The van der Waals surface area contributed by atoms with E-state index in [0.29, 0.717) is 28.2 Å². The van der Waals surface area contributed by atoms with Crippen molar-refractivity contribution in [2.75, 3.05) is 20.9 Å². The largest absolute Gasteiger partial charge is 0.508 e. The Balaban J connectivity index is 1.61. The van der Waals surface area contributed by atoms with Crippen LogP contribution in [-0.4, -0.2) is 86.5 Å². The van der Waals surface area contributed by atoms with Crippen LogP contribution in [0.5, 0.6) is 17.2 Å². The van der Waals surface area contributed by atoms with E-state index in [1.165, 1.54) is 25.1 Å². The molecule has 1 aliphatic heterocycles. The maximum Gasteiger partial charge on any atom is 0.255 e. The summed E-state index contributed by atoms with van der Waals surface area (Å²) in [5, 5.41) is 57.1. The average Bonchev–Trinajstić information content (AvgIpc) is 3.38. The summed E-state index contributed by atoms with van der Waals surface area (Å²) in [6.07, 6.45) is -1.68. The number of hydrogen-bond acceptors (Lipinski definition) is 11. The minimum Gasteiger partial charge on any atom is -0.508 e. The fraction of sp³-hybridized carbons (Fsp3) is 0.345. The fourth-order valence-corrected chi connectivity index (χ4v) is 7.01. The number of ketones is 2. The number of benzene rings is 2. The first-order valence-electron chi connectivity index (χ1n) is 12.9. The third-order valence-electron chi connectivity index (χ3n) is 8.79. The molecule has 0 spiro atoms. The van der Waals surface area contributed by atoms with Crippen molar-refractivity contribution in [2.24, 2.45) is 17.6 Å². The summed E-state index contributed by atoms with van der Waals surface area (Å²) in [6.45, 7) is 1.74. The summed E-state index contributed by atoms with van der Waals surface area (Å²) in [4.78, 5) is 40.9. The van der Waals surface area contributed by atoms with Gasteiger partial charge in [-0.15, -0.1) is 0 Å². The molecule has 12 heteroatoms. The van der Waals surface area contributed by atoms with Crippen molar-refractivity contribution in [3.8, 4) is 28.4 Å². The predicted octanol–water partition coefficient (Wildman–Crippen LogP) is 0.891. The lowest BCUT2D eigenvalue weighted by atomic mass is 9.54. The van der Waals surface area contributed by atoms with Crippen LogP contribution < -0.4 is 15.2 Å². The Morgan fingerprint density at radius 1 is 1.07 bits per heavy atom. The monoisotopic (exact) mass is 564 g/mol. The molecule has 0 unspecified atom stereocenters. The number of carbonyl (C=O) groups is 3. The number of aromatic hydroxyl groups is 1. The first kappa shape index (κ1) is 26.8. The van der Waals surface area contributed by atoms with Gasteiger partial charge in [0.15, 0.2) is 22.9 Å². The Labute approximate surface area is 233 Å². The number of carbonyl (C=O) groups excluding carboxylic acids is 3. The van der Waals surface area contributed by atoms with Gasteiger partial charge in [-0.1, -0.05) is 19.1 Å². The zero-order valence-corrected chi connectivity index (χ0v) is 22.3. The van der Waals surface area contributed by atoms with Crippen molar-refractivity contribution in [2.45, 2.75) is 30.6 Å². The number of aliphatic hydroxyl groups excluding tert-OH is 3. The van der Waals surface area contributed by atoms with Crippen LogP contribution in [0.4, 0.5) is 0 Å². The number of aliphatic hydroxyl groups is 4. The summed E-state index contributed by atoms with van der Waals surface area (Å²) >= 11 is 0. The highest BCUT2D eigenvalue weighted by Crippen LogP contribution is 2.57. The van der Waals surface area contributed by atoms with Gasteiger partial charge in [-0.05, 0) is 54.9 Å². The number of rotatable bonds is 3. The Bertz CT molecular complexity index is 1630. The summed E-state index contributed by atoms with van der Waals surface area (Å²) in [7, 11) is 2.92. The SMILES string of the molecule is C[C@@H]1c2c(-c3ccc4c(c3)OCO4)ccc(O)c2C(O)=C2C(=O)[C@@]3(O)C(O)=C(C(N)=O)C(=O)[C@H](N(C)C)[C@H]3[C@H](O)[C@H]21. The Morgan fingerprint density at radius 2 is 1.76 bits per heavy atom. The zero-order chi connectivity index (χ0) is 29.7. The van der Waals surface area contributed by atoms with Gasteiger partial charge in [-0.2, -0.15) is 0 Å². The Kier molecular flexibility index (Phi) is 5.76. The maximum absolute atomic E-state index is 14.1. The molecule has 1 fully saturated rings. The van der Waals surface area contributed by atoms with Crippen LogP contribution >= 0.6 is 0 Å². The van der Waals surface area contributed by atoms with E-state index < -0.39 is 75.6 Å². The lowest BCUT2D eigenvalue weighted by Crippen LogP contribution is -2.70. The third-order valence-corrected chi connectivity index (χ3v) is 8.79. The van der Waals surface area contributed by atoms with Gasteiger partial charge in [0.2, 0.25) is 12.6 Å². The summed E-state index contributed by atoms with van der Waals surface area (Å²) in [5.41, 5.74) is 2.51. The second-order valence-corrected chi connectivity index (χ2v) is 11.0. The topological polar surface area (TPSA) is 200 Å². The predicted molar refractivity (Wildman–Crippen MR) is 142 cm³/mol. The van der Waals surface area contributed by atoms with Gasteiger partial charge in [0.05, 0.1) is 23.6 Å². The van der Waals surface area contributed by atoms with E-state index in [2.05, 4.69) is 0 Å². The molecule has 1 heterocycles. The van der Waals surface area contributed by atoms with Crippen LogP contribution in [0, 0.1) is 11.8 Å². The molecule has 214 valence electrons. The van der Waals surface area contributed by atoms with Crippen LogP contribution in [-0.2, 0) is 14.4 Å². The summed E-state index contributed by atoms with van der Waals surface area (Å²) < 4.78 is 10.9. The molecule has 7 N–H and O–H groups in total. The molecular weight excluding hydrogens is 536 g/mol. The number of nitrogens with two attached hydrogens (primary N) is 1. The number of amides is 1. The number of nitrogens with zero attached hydrogens (tertiary/aromatic N) is 1. The number of primary amides is 1. The van der Waals surface area contributed by atoms with Crippen LogP contribution in [0.1, 0.15) is 24.0 Å². The van der Waals surface area contributed by atoms with E-state index in [-0.39, 0.29) is 18.1 Å². The smallest absolute Gasteiger partial charge is 0.255 e. The number of Topliss-reactive ketones (excluding diaryl/α,β-unsaturated/α-hetero) is 2. The molecule has 3 aliphatic carbocycles. The molecule has 12 nitrogen and oxygen atoms in total. The number of likely N-dealkylation sites (N-methyl/N-ethyl adjacent to an activating group) is 1. The maximum atomic E-state index is 14.1. The van der Waals surface area contributed by atoms with Crippen molar-refractivity contribution < 1.29 is 49.4 Å². The molecule has 2 aromatic rings. The lowest BCUT2D eigenvalue weighted by molar-refractivity contribution is -0.169. The normalized spacial score (nSPS) is 30.3. The molecule has 6 rings (SSSR count). The minimum absolute atomic E-state index is 0.0565. The average molecular weight is 565 g/mol. The molecule has 0 bridgehead atoms. The molecule has 0 saturated heterocycles. The highest BCUT2D eigenvalue weighted by Gasteiger charge is 2.68. The van der Waals surface area contributed by atoms with Crippen molar-refractivity contribution >= 4 is 23.2 Å². The van der Waals surface area contributed by atoms with E-state index in [4.69, 9.17) is 15.2 Å². The van der Waals surface area contributed by atoms with E-state index in [9.17, 15) is 39.9 Å². The van der Waals surface area contributed by atoms with Crippen LogP contribution in [0.3, 0.4) is 0 Å². The van der Waals surface area contributed by atoms with Crippen LogP contribution in [0.25, 0.3) is 16.9 Å². The molecule has 0 radical (unpaired) electrons. The first-order valence-corrected chi connectivity index (χ1v) is 12.9. The van der Waals surface area contributed by atoms with Crippen molar-refractivity contribution in [1.82, 2.24) is 4.90 Å². The van der Waals surface area contributed by atoms with Crippen LogP contribution in [0.15, 0.2) is 47.2 Å². The number of hydrogen-bond donors (Lipinski definition) is 6. The van der Waals surface area contributed by atoms with Gasteiger partial charge < -0.3 is 40.7 Å². The van der Waals surface area contributed by atoms with Gasteiger partial charge in [0.1, 0.15) is 22.8 Å². The van der Waals surface area contributed by atoms with Crippen LogP contribution in [0.2, 0.25) is 0 Å². The van der Waals surface area contributed by atoms with Gasteiger partial charge in [-0.25, -0.2) is 0 Å². The lowest BCUT2D eigenvalue weighted by Gasteiger charge is -2.53.